The van der Waals surface area contributed by atoms with Crippen molar-refractivity contribution in [1.82, 2.24) is 5.32 Å². The van der Waals surface area contributed by atoms with E-state index in [-0.39, 0.29) is 11.1 Å². The van der Waals surface area contributed by atoms with E-state index < -0.39 is 61.3 Å². The normalized spacial score (nSPS) is 12.7. The van der Waals surface area contributed by atoms with Crippen LogP contribution in [0.1, 0.15) is 32.6 Å². The van der Waals surface area contributed by atoms with E-state index in [2.05, 4.69) is 5.32 Å². The summed E-state index contributed by atoms with van der Waals surface area (Å²) in [5.74, 6) is -0.561. The van der Waals surface area contributed by atoms with E-state index >= 15 is 0 Å². The number of aliphatic hydroxyl groups is 3. The van der Waals surface area contributed by atoms with Crippen molar-refractivity contribution in [3.8, 4) is 0 Å². The van der Waals surface area contributed by atoms with Crippen LogP contribution in [0.4, 0.5) is 0 Å². The summed E-state index contributed by atoms with van der Waals surface area (Å²) in [5, 5.41) is 30.5. The molecule has 0 saturated carbocycles. The van der Waals surface area contributed by atoms with E-state index in [0.717, 1.165) is 23.3 Å². The van der Waals surface area contributed by atoms with Crippen LogP contribution in [0.15, 0.2) is 76.5 Å². The molecule has 6 N–H and O–H groups in total. The highest BCUT2D eigenvalue weighted by Crippen LogP contribution is 2.23. The molecule has 3 rings (SSSR count). The van der Waals surface area contributed by atoms with Crippen LogP contribution in [-0.4, -0.2) is 72.5 Å². The third-order valence-electron chi connectivity index (χ3n) is 5.88. The molecule has 0 aliphatic carbocycles. The first-order chi connectivity index (χ1) is 18.8. The van der Waals surface area contributed by atoms with Crippen molar-refractivity contribution in [3.05, 3.63) is 94.5 Å². The van der Waals surface area contributed by atoms with Crippen LogP contribution in [-0.2, 0) is 20.2 Å². The monoisotopic (exact) mass is 589 g/mol. The van der Waals surface area contributed by atoms with Gasteiger partial charge in [-0.05, 0) is 46.5 Å². The van der Waals surface area contributed by atoms with Gasteiger partial charge in [-0.15, -0.1) is 0 Å². The molecule has 0 aromatic heterocycles. The molecule has 0 atom stereocenters. The minimum absolute atomic E-state index is 0.0192. The topological polar surface area (TPSA) is 199 Å². The summed E-state index contributed by atoms with van der Waals surface area (Å²) in [5.41, 5.74) is 1.06. The molecule has 0 radical (unpaired) electrons. The van der Waals surface area contributed by atoms with Crippen LogP contribution < -0.4 is 5.32 Å². The summed E-state index contributed by atoms with van der Waals surface area (Å²) in [4.78, 5) is 11.0. The fourth-order valence-corrected chi connectivity index (χ4v) is 4.75. The van der Waals surface area contributed by atoms with E-state index in [9.17, 15) is 41.5 Å². The summed E-state index contributed by atoms with van der Waals surface area (Å²) in [7, 11) is -9.43. The van der Waals surface area contributed by atoms with E-state index in [0.29, 0.717) is 11.6 Å². The maximum atomic E-state index is 12.4. The van der Waals surface area contributed by atoms with Crippen molar-refractivity contribution in [2.45, 2.75) is 15.3 Å². The number of carbonyl (C=O) groups excluding carboxylic acids is 1. The first kappa shape index (κ1) is 30.8. The summed E-state index contributed by atoms with van der Waals surface area (Å²) in [6.45, 7) is -1.88. The summed E-state index contributed by atoms with van der Waals surface area (Å²) < 4.78 is 64.7. The zero-order valence-electron chi connectivity index (χ0n) is 20.9. The van der Waals surface area contributed by atoms with Gasteiger partial charge < -0.3 is 20.6 Å². The molecule has 40 heavy (non-hydrogen) atoms. The predicted octanol–water partition coefficient (Wildman–Crippen LogP) is 1.97. The van der Waals surface area contributed by atoms with Crippen LogP contribution >= 0.6 is 0 Å². The zero-order chi connectivity index (χ0) is 29.6. The van der Waals surface area contributed by atoms with Crippen molar-refractivity contribution in [2.75, 3.05) is 19.8 Å². The first-order valence-electron chi connectivity index (χ1n) is 11.6. The van der Waals surface area contributed by atoms with Gasteiger partial charge in [0, 0.05) is 5.56 Å². The van der Waals surface area contributed by atoms with Crippen LogP contribution in [0.3, 0.4) is 0 Å². The quantitative estimate of drug-likeness (QED) is 0.142. The standard InChI is InChI=1S/C27H27NO10S2/c29-16-27(17-30,18-31)28-26(32)23-11-8-21(9-12-23)6-3-19-1-4-20(5-2-19)7-10-22-13-14-24(39(33,34)35)15-25(22)40(36,37)38/h1-15,29-31H,16-18H2,(H,28,32)(H,33,34,35)(H,36,37,38)/b6-3+,10-7+. The lowest BCUT2D eigenvalue weighted by atomic mass is 10.0. The molecule has 0 heterocycles. The molecule has 0 aliphatic heterocycles. The minimum Gasteiger partial charge on any atom is -0.394 e. The Morgan fingerprint density at radius 2 is 1.12 bits per heavy atom. The Labute approximate surface area is 231 Å². The largest absolute Gasteiger partial charge is 0.394 e. The third kappa shape index (κ3) is 7.92. The van der Waals surface area contributed by atoms with Gasteiger partial charge in [0.15, 0.2) is 0 Å². The molecule has 13 heteroatoms. The maximum Gasteiger partial charge on any atom is 0.295 e. The van der Waals surface area contributed by atoms with E-state index in [1.165, 1.54) is 6.08 Å². The molecule has 3 aromatic rings. The van der Waals surface area contributed by atoms with E-state index in [1.807, 2.05) is 6.08 Å². The maximum absolute atomic E-state index is 12.4. The van der Waals surface area contributed by atoms with Gasteiger partial charge in [-0.1, -0.05) is 66.8 Å². The number of carbonyl (C=O) groups is 1. The van der Waals surface area contributed by atoms with Crippen molar-refractivity contribution < 1.29 is 46.1 Å². The zero-order valence-corrected chi connectivity index (χ0v) is 22.5. The second kappa shape index (κ2) is 12.7. The van der Waals surface area contributed by atoms with Crippen LogP contribution in [0.2, 0.25) is 0 Å². The number of nitrogens with one attached hydrogen (secondary N) is 1. The lowest BCUT2D eigenvalue weighted by Gasteiger charge is -2.28. The molecular formula is C27H27NO10S2. The Bertz CT molecular complexity index is 1620. The Kier molecular flexibility index (Phi) is 9.76. The molecule has 0 unspecified atom stereocenters. The number of hydrogen-bond donors (Lipinski definition) is 6. The molecule has 0 bridgehead atoms. The number of rotatable bonds is 11. The lowest BCUT2D eigenvalue weighted by Crippen LogP contribution is -2.57. The SMILES string of the molecule is O=C(NC(CO)(CO)CO)c1ccc(/C=C/c2ccc(/C=C/c3ccc(S(=O)(=O)O)cc3S(=O)(=O)O)cc2)cc1. The number of amides is 1. The molecule has 11 nitrogen and oxygen atoms in total. The fourth-order valence-electron chi connectivity index (χ4n) is 3.46. The molecule has 0 spiro atoms. The molecular weight excluding hydrogens is 562 g/mol. The highest BCUT2D eigenvalue weighted by molar-refractivity contribution is 7.86. The molecule has 1 amide bonds. The number of hydrogen-bond acceptors (Lipinski definition) is 8. The lowest BCUT2D eigenvalue weighted by molar-refractivity contribution is 0.0375. The first-order valence-corrected chi connectivity index (χ1v) is 14.5. The van der Waals surface area contributed by atoms with Crippen LogP contribution in [0.25, 0.3) is 24.3 Å². The van der Waals surface area contributed by atoms with Gasteiger partial charge in [0.2, 0.25) is 0 Å². The van der Waals surface area contributed by atoms with Gasteiger partial charge in [-0.25, -0.2) is 0 Å². The molecule has 212 valence electrons. The van der Waals surface area contributed by atoms with Crippen molar-refractivity contribution in [3.63, 3.8) is 0 Å². The van der Waals surface area contributed by atoms with Gasteiger partial charge in [-0.3, -0.25) is 13.9 Å². The highest BCUT2D eigenvalue weighted by Gasteiger charge is 2.30. The molecule has 0 fully saturated rings. The molecule has 0 saturated heterocycles. The third-order valence-corrected chi connectivity index (χ3v) is 7.64. The molecule has 3 aromatic carbocycles. The fraction of sp³-hybridized carbons (Fsp3) is 0.148. The van der Waals surface area contributed by atoms with Crippen LogP contribution in [0.5, 0.6) is 0 Å². The van der Waals surface area contributed by atoms with Crippen molar-refractivity contribution >= 4 is 50.4 Å². The highest BCUT2D eigenvalue weighted by atomic mass is 32.2. The van der Waals surface area contributed by atoms with Crippen LogP contribution in [0, 0.1) is 0 Å². The minimum atomic E-state index is -4.77. The summed E-state index contributed by atoms with van der Waals surface area (Å²) >= 11 is 0. The van der Waals surface area contributed by atoms with Gasteiger partial charge in [0.05, 0.1) is 24.7 Å². The Morgan fingerprint density at radius 1 is 0.675 bits per heavy atom. The number of aliphatic hydroxyl groups excluding tert-OH is 3. The van der Waals surface area contributed by atoms with Gasteiger partial charge in [-0.2, -0.15) is 16.8 Å². The Hall–Kier alpha value is -3.69. The van der Waals surface area contributed by atoms with E-state index in [4.69, 9.17) is 4.55 Å². The van der Waals surface area contributed by atoms with Crippen molar-refractivity contribution in [2.24, 2.45) is 0 Å². The second-order valence-electron chi connectivity index (χ2n) is 8.81. The average molecular weight is 590 g/mol. The van der Waals surface area contributed by atoms with Gasteiger partial charge in [0.25, 0.3) is 26.1 Å². The average Bonchev–Trinajstić information content (AvgIpc) is 2.93. The van der Waals surface area contributed by atoms with E-state index in [1.54, 1.807) is 60.7 Å². The van der Waals surface area contributed by atoms with Gasteiger partial charge in [0.1, 0.15) is 10.4 Å². The Morgan fingerprint density at radius 3 is 1.55 bits per heavy atom. The second-order valence-corrected chi connectivity index (χ2v) is 11.6. The smallest absolute Gasteiger partial charge is 0.295 e. The Balaban J connectivity index is 1.71. The molecule has 0 aliphatic rings. The number of benzene rings is 3. The van der Waals surface area contributed by atoms with Gasteiger partial charge >= 0.3 is 0 Å². The predicted molar refractivity (Wildman–Crippen MR) is 148 cm³/mol. The summed E-state index contributed by atoms with van der Waals surface area (Å²) in [6.07, 6.45) is 6.57. The van der Waals surface area contributed by atoms with Crippen molar-refractivity contribution in [1.29, 1.82) is 0 Å². The summed E-state index contributed by atoms with van der Waals surface area (Å²) in [6, 6.07) is 16.4.